The van der Waals surface area contributed by atoms with Crippen LogP contribution in [0, 0.1) is 0 Å². The van der Waals surface area contributed by atoms with Crippen LogP contribution in [0.25, 0.3) is 4.96 Å². The van der Waals surface area contributed by atoms with E-state index >= 15 is 0 Å². The van der Waals surface area contributed by atoms with E-state index in [2.05, 4.69) is 24.3 Å². The predicted octanol–water partition coefficient (Wildman–Crippen LogP) is 1.59. The molecule has 0 amide bonds. The monoisotopic (exact) mass is 268 g/mol. The van der Waals surface area contributed by atoms with Crippen molar-refractivity contribution in [3.63, 3.8) is 0 Å². The largest absolute Gasteiger partial charge is 0.377 e. The molecule has 2 heterocycles. The Morgan fingerprint density at radius 2 is 2.44 bits per heavy atom. The van der Waals surface area contributed by atoms with Gasteiger partial charge in [-0.15, -0.1) is 11.3 Å². The number of ether oxygens (including phenoxy) is 1. The van der Waals surface area contributed by atoms with Gasteiger partial charge in [0.2, 0.25) is 0 Å². The van der Waals surface area contributed by atoms with E-state index in [1.54, 1.807) is 18.4 Å². The Morgan fingerprint density at radius 3 is 3.00 bits per heavy atom. The highest BCUT2D eigenvalue weighted by Crippen LogP contribution is 2.22. The molecule has 2 atom stereocenters. The van der Waals surface area contributed by atoms with Crippen LogP contribution >= 0.6 is 11.3 Å². The van der Waals surface area contributed by atoms with Gasteiger partial charge in [-0.1, -0.05) is 6.92 Å². The van der Waals surface area contributed by atoms with Gasteiger partial charge in [-0.05, 0) is 13.3 Å². The molecule has 2 aromatic rings. The second-order valence-corrected chi connectivity index (χ2v) is 5.49. The summed E-state index contributed by atoms with van der Waals surface area (Å²) >= 11 is 1.63. The minimum atomic E-state index is -0.286. The number of rotatable bonds is 6. The highest BCUT2D eigenvalue weighted by molar-refractivity contribution is 7.15. The van der Waals surface area contributed by atoms with Crippen molar-refractivity contribution in [2.75, 3.05) is 7.11 Å². The molecule has 0 saturated heterocycles. The minimum Gasteiger partial charge on any atom is -0.377 e. The number of imidazole rings is 1. The van der Waals surface area contributed by atoms with Gasteiger partial charge in [0.05, 0.1) is 17.3 Å². The zero-order valence-corrected chi connectivity index (χ0v) is 11.8. The maximum Gasteiger partial charge on any atom is 0.193 e. The van der Waals surface area contributed by atoms with E-state index in [4.69, 9.17) is 10.6 Å². The number of hydrogen-bond acceptors (Lipinski definition) is 5. The van der Waals surface area contributed by atoms with Crippen LogP contribution in [0.2, 0.25) is 0 Å². The summed E-state index contributed by atoms with van der Waals surface area (Å²) in [6, 6.07) is 0.0390. The summed E-state index contributed by atoms with van der Waals surface area (Å²) < 4.78 is 7.62. The Balaban J connectivity index is 2.17. The minimum absolute atomic E-state index is 0.0390. The van der Waals surface area contributed by atoms with Crippen LogP contribution in [0.1, 0.15) is 26.0 Å². The molecule has 6 heteroatoms. The quantitative estimate of drug-likeness (QED) is 0.617. The van der Waals surface area contributed by atoms with Crippen molar-refractivity contribution in [2.45, 2.75) is 38.3 Å². The van der Waals surface area contributed by atoms with Crippen LogP contribution in [-0.2, 0) is 11.2 Å². The molecular weight excluding hydrogens is 248 g/mol. The van der Waals surface area contributed by atoms with Crippen molar-refractivity contribution in [3.05, 3.63) is 23.5 Å². The summed E-state index contributed by atoms with van der Waals surface area (Å²) in [7, 11) is 1.72. The van der Waals surface area contributed by atoms with Gasteiger partial charge in [-0.25, -0.2) is 4.98 Å². The average Bonchev–Trinajstić information content (AvgIpc) is 2.95. The molecule has 0 saturated carbocycles. The van der Waals surface area contributed by atoms with Gasteiger partial charge in [0, 0.05) is 31.3 Å². The zero-order chi connectivity index (χ0) is 13.2. The highest BCUT2D eigenvalue weighted by Gasteiger charge is 2.32. The summed E-state index contributed by atoms with van der Waals surface area (Å²) in [5.74, 6) is 5.67. The predicted molar refractivity (Wildman–Crippen MR) is 73.6 cm³/mol. The third-order valence-corrected chi connectivity index (χ3v) is 4.43. The van der Waals surface area contributed by atoms with Crippen molar-refractivity contribution in [1.82, 2.24) is 14.8 Å². The number of fused-ring (bicyclic) bond motifs is 1. The molecule has 3 N–H and O–H groups in total. The molecule has 0 spiro atoms. The van der Waals surface area contributed by atoms with Crippen LogP contribution in [0.4, 0.5) is 0 Å². The topological polar surface area (TPSA) is 64.6 Å². The molecule has 100 valence electrons. The third kappa shape index (κ3) is 2.42. The maximum atomic E-state index is 5.67. The number of nitrogens with zero attached hydrogens (tertiary/aromatic N) is 2. The van der Waals surface area contributed by atoms with E-state index < -0.39 is 0 Å². The zero-order valence-electron chi connectivity index (χ0n) is 11.0. The summed E-state index contributed by atoms with van der Waals surface area (Å²) in [4.78, 5) is 5.58. The van der Waals surface area contributed by atoms with Gasteiger partial charge < -0.3 is 4.74 Å². The summed E-state index contributed by atoms with van der Waals surface area (Å²) in [5, 5.41) is 2.02. The Labute approximate surface area is 111 Å². The van der Waals surface area contributed by atoms with Crippen molar-refractivity contribution in [2.24, 2.45) is 5.84 Å². The molecular formula is C12H20N4OS. The summed E-state index contributed by atoms with van der Waals surface area (Å²) in [6.07, 6.45) is 5.70. The summed E-state index contributed by atoms with van der Waals surface area (Å²) in [6.45, 7) is 4.16. The fourth-order valence-electron chi connectivity index (χ4n) is 2.07. The molecule has 0 aliphatic heterocycles. The standard InChI is InChI=1S/C12H20N4OS/c1-4-12(2,17-3)10(15-13)7-9-8-16-5-6-18-11(16)14-9/h5-6,8,10,15H,4,7,13H2,1-3H3. The fraction of sp³-hybridized carbons (Fsp3) is 0.583. The van der Waals surface area contributed by atoms with Crippen LogP contribution in [0.15, 0.2) is 17.8 Å². The maximum absolute atomic E-state index is 5.67. The lowest BCUT2D eigenvalue weighted by atomic mass is 9.90. The number of nitrogens with one attached hydrogen (secondary N) is 1. The molecule has 0 bridgehead atoms. The van der Waals surface area contributed by atoms with E-state index in [9.17, 15) is 0 Å². The van der Waals surface area contributed by atoms with E-state index in [0.717, 1.165) is 23.5 Å². The molecule has 0 aromatic carbocycles. The molecule has 0 aliphatic rings. The van der Waals surface area contributed by atoms with E-state index in [1.165, 1.54) is 0 Å². The van der Waals surface area contributed by atoms with Crippen molar-refractivity contribution < 1.29 is 4.74 Å². The van der Waals surface area contributed by atoms with Crippen molar-refractivity contribution in [1.29, 1.82) is 0 Å². The molecule has 2 unspecified atom stereocenters. The fourth-order valence-corrected chi connectivity index (χ4v) is 2.79. The first-order chi connectivity index (χ1) is 8.62. The van der Waals surface area contributed by atoms with E-state index in [0.29, 0.717) is 0 Å². The lowest BCUT2D eigenvalue weighted by molar-refractivity contribution is -0.0290. The Morgan fingerprint density at radius 1 is 1.67 bits per heavy atom. The summed E-state index contributed by atoms with van der Waals surface area (Å²) in [5.41, 5.74) is 3.60. The number of hydrogen-bond donors (Lipinski definition) is 2. The first kappa shape index (κ1) is 13.5. The van der Waals surface area contributed by atoms with Crippen molar-refractivity contribution >= 4 is 16.3 Å². The smallest absolute Gasteiger partial charge is 0.193 e. The number of thiazole rings is 1. The van der Waals surface area contributed by atoms with Crippen LogP contribution in [0.5, 0.6) is 0 Å². The third-order valence-electron chi connectivity index (χ3n) is 3.66. The van der Waals surface area contributed by atoms with E-state index in [-0.39, 0.29) is 11.6 Å². The van der Waals surface area contributed by atoms with Crippen molar-refractivity contribution in [3.8, 4) is 0 Å². The Hall–Kier alpha value is -0.950. The lowest BCUT2D eigenvalue weighted by Crippen LogP contribution is -2.53. The van der Waals surface area contributed by atoms with Gasteiger partial charge in [0.1, 0.15) is 0 Å². The molecule has 0 fully saturated rings. The van der Waals surface area contributed by atoms with Crippen LogP contribution in [0.3, 0.4) is 0 Å². The highest BCUT2D eigenvalue weighted by atomic mass is 32.1. The van der Waals surface area contributed by atoms with Crippen LogP contribution < -0.4 is 11.3 Å². The Bertz CT molecular complexity index is 474. The average molecular weight is 268 g/mol. The molecule has 0 radical (unpaired) electrons. The SMILES string of the molecule is CCC(C)(OC)C(Cc1cn2ccsc2n1)NN. The molecule has 5 nitrogen and oxygen atoms in total. The number of methoxy groups -OCH3 is 1. The van der Waals surface area contributed by atoms with E-state index in [1.807, 2.05) is 22.2 Å². The van der Waals surface area contributed by atoms with Gasteiger partial charge in [0.15, 0.2) is 4.96 Å². The molecule has 2 rings (SSSR count). The van der Waals surface area contributed by atoms with Gasteiger partial charge in [-0.3, -0.25) is 15.7 Å². The van der Waals surface area contributed by atoms with Gasteiger partial charge >= 0.3 is 0 Å². The molecule has 2 aromatic heterocycles. The molecule has 18 heavy (non-hydrogen) atoms. The first-order valence-corrected chi connectivity index (χ1v) is 6.93. The van der Waals surface area contributed by atoms with Gasteiger partial charge in [0.25, 0.3) is 0 Å². The number of hydrazine groups is 1. The number of nitrogens with two attached hydrogens (primary N) is 1. The molecule has 0 aliphatic carbocycles. The Kier molecular flexibility index (Phi) is 4.01. The second-order valence-electron chi connectivity index (χ2n) is 4.62. The first-order valence-electron chi connectivity index (χ1n) is 6.05. The van der Waals surface area contributed by atoms with Crippen LogP contribution in [-0.4, -0.2) is 28.1 Å². The number of aromatic nitrogens is 2. The normalized spacial score (nSPS) is 16.9. The second kappa shape index (κ2) is 5.36. The lowest BCUT2D eigenvalue weighted by Gasteiger charge is -2.35. The van der Waals surface area contributed by atoms with Gasteiger partial charge in [-0.2, -0.15) is 0 Å².